The van der Waals surface area contributed by atoms with Crippen molar-refractivity contribution < 1.29 is 29.7 Å². The number of carbonyl (C=O) groups is 3. The molecule has 0 unspecified atom stereocenters. The predicted molar refractivity (Wildman–Crippen MR) is 46.1 cm³/mol. The average molecular weight is 213 g/mol. The topological polar surface area (TPSA) is 128 Å². The maximum atomic E-state index is 10.6. The van der Waals surface area contributed by atoms with Gasteiger partial charge >= 0.3 is 17.9 Å². The zero-order valence-corrected chi connectivity index (χ0v) is 7.35. The van der Waals surface area contributed by atoms with Gasteiger partial charge < -0.3 is 20.3 Å². The number of rotatable bonds is 4. The number of hydrogen-bond donors (Lipinski definition) is 4. The first kappa shape index (κ1) is 10.8. The Labute approximate surface area is 83.0 Å². The van der Waals surface area contributed by atoms with Crippen LogP contribution in [-0.2, 0) is 11.2 Å². The van der Waals surface area contributed by atoms with Crippen LogP contribution in [-0.4, -0.2) is 38.2 Å². The largest absolute Gasteiger partial charge is 0.481 e. The van der Waals surface area contributed by atoms with Crippen molar-refractivity contribution >= 4 is 17.9 Å². The molecule has 0 spiro atoms. The molecule has 0 aliphatic heterocycles. The highest BCUT2D eigenvalue weighted by molar-refractivity contribution is 5.95. The van der Waals surface area contributed by atoms with Gasteiger partial charge in [0.15, 0.2) is 0 Å². The Kier molecular flexibility index (Phi) is 2.75. The van der Waals surface area contributed by atoms with Gasteiger partial charge in [-0.25, -0.2) is 9.59 Å². The Balaban J connectivity index is 3.17. The summed E-state index contributed by atoms with van der Waals surface area (Å²) >= 11 is 0. The minimum Gasteiger partial charge on any atom is -0.481 e. The predicted octanol–water partition coefficient (Wildman–Crippen LogP) is 0.0382. The lowest BCUT2D eigenvalue weighted by Gasteiger charge is -1.94. The monoisotopic (exact) mass is 213 g/mol. The van der Waals surface area contributed by atoms with Crippen molar-refractivity contribution in [2.45, 2.75) is 6.42 Å². The van der Waals surface area contributed by atoms with Crippen LogP contribution in [0, 0.1) is 0 Å². The summed E-state index contributed by atoms with van der Waals surface area (Å²) in [5, 5.41) is 25.7. The lowest BCUT2D eigenvalue weighted by atomic mass is 10.2. The van der Waals surface area contributed by atoms with Crippen LogP contribution in [0.3, 0.4) is 0 Å². The maximum absolute atomic E-state index is 10.6. The minimum absolute atomic E-state index is 0.132. The number of carboxylic acid groups (broad SMARTS) is 3. The second-order valence-corrected chi connectivity index (χ2v) is 2.76. The van der Waals surface area contributed by atoms with Crippen LogP contribution in [0.25, 0.3) is 0 Å². The molecule has 80 valence electrons. The molecule has 0 aliphatic carbocycles. The Hall–Kier alpha value is -2.31. The molecule has 15 heavy (non-hydrogen) atoms. The summed E-state index contributed by atoms with van der Waals surface area (Å²) in [6.07, 6.45) is -0.561. The van der Waals surface area contributed by atoms with Crippen molar-refractivity contribution in [1.29, 1.82) is 0 Å². The van der Waals surface area contributed by atoms with E-state index in [1.54, 1.807) is 0 Å². The molecule has 4 N–H and O–H groups in total. The molecule has 7 nitrogen and oxygen atoms in total. The molecule has 0 aliphatic rings. The van der Waals surface area contributed by atoms with Crippen LogP contribution in [0.5, 0.6) is 0 Å². The van der Waals surface area contributed by atoms with Crippen molar-refractivity contribution in [3.8, 4) is 0 Å². The van der Waals surface area contributed by atoms with Crippen LogP contribution in [0.1, 0.15) is 26.5 Å². The molecule has 0 fully saturated rings. The van der Waals surface area contributed by atoms with Crippen LogP contribution in [0.15, 0.2) is 6.07 Å². The van der Waals surface area contributed by atoms with E-state index in [0.29, 0.717) is 0 Å². The summed E-state index contributed by atoms with van der Waals surface area (Å²) < 4.78 is 0. The average Bonchev–Trinajstić information content (AvgIpc) is 2.46. The number of carboxylic acids is 3. The molecule has 0 bridgehead atoms. The fraction of sp³-hybridized carbons (Fsp3) is 0.125. The molecule has 1 aromatic heterocycles. The van der Waals surface area contributed by atoms with Crippen LogP contribution in [0.4, 0.5) is 0 Å². The summed E-state index contributed by atoms with van der Waals surface area (Å²) in [5.74, 6) is -3.94. The van der Waals surface area contributed by atoms with Crippen LogP contribution in [0.2, 0.25) is 0 Å². The first-order valence-corrected chi connectivity index (χ1v) is 3.82. The van der Waals surface area contributed by atoms with Crippen molar-refractivity contribution in [3.63, 3.8) is 0 Å². The molecule has 0 radical (unpaired) electrons. The van der Waals surface area contributed by atoms with Gasteiger partial charge in [-0.3, -0.25) is 4.79 Å². The Morgan fingerprint density at radius 3 is 2.13 bits per heavy atom. The summed E-state index contributed by atoms with van der Waals surface area (Å²) in [5.41, 5.74) is -0.814. The highest BCUT2D eigenvalue weighted by Crippen LogP contribution is 2.12. The van der Waals surface area contributed by atoms with Gasteiger partial charge in [0.2, 0.25) is 0 Å². The molecule has 1 heterocycles. The molecule has 1 aromatic rings. The summed E-state index contributed by atoms with van der Waals surface area (Å²) in [6.45, 7) is 0. The van der Waals surface area contributed by atoms with Gasteiger partial charge in [0.05, 0.1) is 12.0 Å². The molecule has 7 heteroatoms. The molecule has 0 saturated heterocycles. The van der Waals surface area contributed by atoms with E-state index in [4.69, 9.17) is 15.3 Å². The number of aliphatic carboxylic acids is 1. The van der Waals surface area contributed by atoms with Crippen molar-refractivity contribution in [2.24, 2.45) is 0 Å². The second kappa shape index (κ2) is 3.82. The highest BCUT2D eigenvalue weighted by Gasteiger charge is 2.19. The fourth-order valence-electron chi connectivity index (χ4n) is 1.09. The van der Waals surface area contributed by atoms with Crippen molar-refractivity contribution in [1.82, 2.24) is 4.98 Å². The van der Waals surface area contributed by atoms with Gasteiger partial charge in [0, 0.05) is 5.69 Å². The number of hydrogen-bond acceptors (Lipinski definition) is 3. The van der Waals surface area contributed by atoms with E-state index < -0.39 is 24.3 Å². The van der Waals surface area contributed by atoms with Crippen molar-refractivity contribution in [3.05, 3.63) is 23.0 Å². The van der Waals surface area contributed by atoms with Crippen molar-refractivity contribution in [2.75, 3.05) is 0 Å². The third-order valence-electron chi connectivity index (χ3n) is 1.69. The Morgan fingerprint density at radius 1 is 1.13 bits per heavy atom. The molecule has 1 rings (SSSR count). The summed E-state index contributed by atoms with van der Waals surface area (Å²) in [7, 11) is 0. The lowest BCUT2D eigenvalue weighted by molar-refractivity contribution is -0.136. The normalized spacial score (nSPS) is 9.87. The molecule has 0 aromatic carbocycles. The minimum atomic E-state index is -1.37. The van der Waals surface area contributed by atoms with Gasteiger partial charge in [-0.2, -0.15) is 0 Å². The molecular weight excluding hydrogens is 206 g/mol. The number of aromatic amines is 1. The standard InChI is InChI=1S/C8H7NO6/c10-6(11)2-4-3(7(12)13)1-5(9-4)8(14)15/h1,9H,2H2,(H,10,11)(H,12,13)(H,14,15). The third kappa shape index (κ3) is 2.33. The zero-order chi connectivity index (χ0) is 11.6. The van der Waals surface area contributed by atoms with E-state index in [-0.39, 0.29) is 17.0 Å². The van der Waals surface area contributed by atoms with E-state index >= 15 is 0 Å². The van der Waals surface area contributed by atoms with Gasteiger partial charge in [0.1, 0.15) is 5.69 Å². The summed E-state index contributed by atoms with van der Waals surface area (Å²) in [6, 6.07) is 0.892. The van der Waals surface area contributed by atoms with E-state index in [1.165, 1.54) is 0 Å². The van der Waals surface area contributed by atoms with E-state index in [1.807, 2.05) is 0 Å². The zero-order valence-electron chi connectivity index (χ0n) is 7.35. The molecule has 0 amide bonds. The SMILES string of the molecule is O=C(O)Cc1[nH]c(C(=O)O)cc1C(=O)O. The number of nitrogens with one attached hydrogen (secondary N) is 1. The second-order valence-electron chi connectivity index (χ2n) is 2.76. The number of H-pyrrole nitrogens is 1. The Morgan fingerprint density at radius 2 is 1.73 bits per heavy atom. The molecule has 0 atom stereocenters. The molecule has 0 saturated carbocycles. The summed E-state index contributed by atoms with van der Waals surface area (Å²) in [4.78, 5) is 33.7. The van der Waals surface area contributed by atoms with E-state index in [2.05, 4.69) is 4.98 Å². The van der Waals surface area contributed by atoms with Crippen LogP contribution >= 0.6 is 0 Å². The third-order valence-corrected chi connectivity index (χ3v) is 1.69. The van der Waals surface area contributed by atoms with Gasteiger partial charge in [0.25, 0.3) is 0 Å². The first-order chi connectivity index (χ1) is 6.91. The number of aromatic carboxylic acids is 2. The first-order valence-electron chi connectivity index (χ1n) is 3.82. The van der Waals surface area contributed by atoms with Crippen LogP contribution < -0.4 is 0 Å². The number of aromatic nitrogens is 1. The van der Waals surface area contributed by atoms with Gasteiger partial charge in [-0.15, -0.1) is 0 Å². The van der Waals surface area contributed by atoms with E-state index in [0.717, 1.165) is 6.07 Å². The van der Waals surface area contributed by atoms with Gasteiger partial charge in [-0.05, 0) is 6.07 Å². The van der Waals surface area contributed by atoms with E-state index in [9.17, 15) is 14.4 Å². The lowest BCUT2D eigenvalue weighted by Crippen LogP contribution is -2.06. The smallest absolute Gasteiger partial charge is 0.352 e. The quantitative estimate of drug-likeness (QED) is 0.559. The van der Waals surface area contributed by atoms with Gasteiger partial charge in [-0.1, -0.05) is 0 Å². The molecular formula is C8H7NO6. The highest BCUT2D eigenvalue weighted by atomic mass is 16.4. The Bertz CT molecular complexity index is 432. The fourth-order valence-corrected chi connectivity index (χ4v) is 1.09. The maximum Gasteiger partial charge on any atom is 0.352 e.